The average molecular weight is 379 g/mol. The Labute approximate surface area is 141 Å². The van der Waals surface area contributed by atoms with Gasteiger partial charge in [0.05, 0.1) is 5.69 Å². The van der Waals surface area contributed by atoms with Gasteiger partial charge in [0.25, 0.3) is 0 Å². The fraction of sp³-hybridized carbons (Fsp3) is 0.0588. The predicted octanol–water partition coefficient (Wildman–Crippen LogP) is 6.44. The summed E-state index contributed by atoms with van der Waals surface area (Å²) >= 11 is 11.3. The molecule has 0 radical (unpaired) electrons. The molecule has 3 aromatic rings. The van der Waals surface area contributed by atoms with E-state index in [2.05, 4.69) is 57.0 Å². The van der Waals surface area contributed by atoms with E-state index >= 15 is 0 Å². The lowest BCUT2D eigenvalue weighted by Gasteiger charge is -2.07. The Morgan fingerprint density at radius 3 is 2.62 bits per heavy atom. The van der Waals surface area contributed by atoms with Gasteiger partial charge < -0.3 is 5.32 Å². The number of anilines is 1. The summed E-state index contributed by atoms with van der Waals surface area (Å²) in [5.41, 5.74) is 3.53. The van der Waals surface area contributed by atoms with E-state index in [-0.39, 0.29) is 0 Å². The van der Waals surface area contributed by atoms with Crippen LogP contribution in [0.4, 0.5) is 5.69 Å². The van der Waals surface area contributed by atoms with Crippen LogP contribution in [0.15, 0.2) is 64.5 Å². The number of hydrogen-bond donors (Lipinski definition) is 1. The van der Waals surface area contributed by atoms with Crippen molar-refractivity contribution in [3.63, 3.8) is 0 Å². The molecule has 0 unspecified atom stereocenters. The minimum absolute atomic E-state index is 0.733. The first kappa shape index (κ1) is 14.6. The molecule has 1 aromatic heterocycles. The van der Waals surface area contributed by atoms with Crippen LogP contribution in [-0.2, 0) is 6.54 Å². The topological polar surface area (TPSA) is 12.0 Å². The Hall–Kier alpha value is -1.29. The highest BCUT2D eigenvalue weighted by Crippen LogP contribution is 2.29. The maximum Gasteiger partial charge on any atom is 0.0502 e. The van der Waals surface area contributed by atoms with E-state index in [0.717, 1.165) is 21.7 Å². The predicted molar refractivity (Wildman–Crippen MR) is 96.2 cm³/mol. The Balaban J connectivity index is 1.72. The van der Waals surface area contributed by atoms with Crippen LogP contribution in [0.5, 0.6) is 0 Å². The number of hydrogen-bond acceptors (Lipinski definition) is 2. The van der Waals surface area contributed by atoms with Gasteiger partial charge in [0.1, 0.15) is 0 Å². The number of rotatable bonds is 4. The Morgan fingerprint density at radius 1 is 1.00 bits per heavy atom. The van der Waals surface area contributed by atoms with Crippen LogP contribution < -0.4 is 5.32 Å². The second kappa shape index (κ2) is 6.65. The Morgan fingerprint density at radius 2 is 1.81 bits per heavy atom. The van der Waals surface area contributed by atoms with Crippen molar-refractivity contribution >= 4 is 44.6 Å². The summed E-state index contributed by atoms with van der Waals surface area (Å²) in [6.45, 7) is 0.788. The number of halogens is 2. The van der Waals surface area contributed by atoms with Crippen molar-refractivity contribution in [3.05, 3.63) is 74.3 Å². The van der Waals surface area contributed by atoms with Crippen molar-refractivity contribution in [3.8, 4) is 11.1 Å². The van der Waals surface area contributed by atoms with E-state index in [0.29, 0.717) is 0 Å². The number of nitrogens with one attached hydrogen (secondary N) is 1. The van der Waals surface area contributed by atoms with Gasteiger partial charge in [-0.05, 0) is 56.7 Å². The molecule has 1 heterocycles. The quantitative estimate of drug-likeness (QED) is 0.550. The van der Waals surface area contributed by atoms with Crippen LogP contribution >= 0.6 is 38.9 Å². The van der Waals surface area contributed by atoms with Gasteiger partial charge in [-0.1, -0.05) is 41.9 Å². The third-order valence-electron chi connectivity index (χ3n) is 3.14. The second-order valence-electron chi connectivity index (χ2n) is 4.65. The molecule has 106 valence electrons. The molecule has 0 aliphatic heterocycles. The molecule has 0 amide bonds. The SMILES string of the molecule is Clc1ccc(Br)c(NCc2cc(-c3ccccc3)cs2)c1. The van der Waals surface area contributed by atoms with Crippen molar-refractivity contribution in [2.75, 3.05) is 5.32 Å². The number of benzene rings is 2. The molecule has 0 aliphatic rings. The van der Waals surface area contributed by atoms with Crippen molar-refractivity contribution < 1.29 is 0 Å². The smallest absolute Gasteiger partial charge is 0.0502 e. The van der Waals surface area contributed by atoms with E-state index in [1.165, 1.54) is 16.0 Å². The van der Waals surface area contributed by atoms with Gasteiger partial charge in [-0.15, -0.1) is 11.3 Å². The molecule has 2 aromatic carbocycles. The van der Waals surface area contributed by atoms with E-state index in [1.807, 2.05) is 24.3 Å². The molecule has 1 nitrogen and oxygen atoms in total. The molecule has 0 aliphatic carbocycles. The summed E-state index contributed by atoms with van der Waals surface area (Å²) in [7, 11) is 0. The summed E-state index contributed by atoms with van der Waals surface area (Å²) in [6.07, 6.45) is 0. The molecule has 0 saturated carbocycles. The molecule has 21 heavy (non-hydrogen) atoms. The minimum Gasteiger partial charge on any atom is -0.379 e. The van der Waals surface area contributed by atoms with Crippen LogP contribution in [0.3, 0.4) is 0 Å². The van der Waals surface area contributed by atoms with Gasteiger partial charge >= 0.3 is 0 Å². The maximum absolute atomic E-state index is 6.02. The molecule has 0 spiro atoms. The molecule has 1 N–H and O–H groups in total. The second-order valence-corrected chi connectivity index (χ2v) is 6.93. The van der Waals surface area contributed by atoms with Gasteiger partial charge in [0.2, 0.25) is 0 Å². The van der Waals surface area contributed by atoms with E-state index < -0.39 is 0 Å². The zero-order chi connectivity index (χ0) is 14.7. The molecule has 3 rings (SSSR count). The molecule has 4 heteroatoms. The standard InChI is InChI=1S/C17H13BrClNS/c18-16-7-6-14(19)9-17(16)20-10-15-8-13(11-21-15)12-4-2-1-3-5-12/h1-9,11,20H,10H2. The zero-order valence-corrected chi connectivity index (χ0v) is 14.3. The van der Waals surface area contributed by atoms with Gasteiger partial charge in [-0.2, -0.15) is 0 Å². The fourth-order valence-electron chi connectivity index (χ4n) is 2.07. The summed E-state index contributed by atoms with van der Waals surface area (Å²) in [4.78, 5) is 1.29. The third-order valence-corrected chi connectivity index (χ3v) is 5.01. The molecule has 0 bridgehead atoms. The normalized spacial score (nSPS) is 10.6. The van der Waals surface area contributed by atoms with Crippen molar-refractivity contribution in [2.45, 2.75) is 6.54 Å². The first-order valence-electron chi connectivity index (χ1n) is 6.54. The molecule has 0 saturated heterocycles. The Bertz CT molecular complexity index is 740. The molecule has 0 fully saturated rings. The van der Waals surface area contributed by atoms with E-state index in [1.54, 1.807) is 11.3 Å². The van der Waals surface area contributed by atoms with Crippen molar-refractivity contribution in [1.29, 1.82) is 0 Å². The summed E-state index contributed by atoms with van der Waals surface area (Å²) < 4.78 is 1.02. The van der Waals surface area contributed by atoms with Crippen LogP contribution in [0.2, 0.25) is 5.02 Å². The molecular weight excluding hydrogens is 366 g/mol. The van der Waals surface area contributed by atoms with E-state index in [9.17, 15) is 0 Å². The maximum atomic E-state index is 6.02. The molecular formula is C17H13BrClNS. The van der Waals surface area contributed by atoms with Crippen LogP contribution in [0, 0.1) is 0 Å². The monoisotopic (exact) mass is 377 g/mol. The lowest BCUT2D eigenvalue weighted by molar-refractivity contribution is 1.19. The summed E-state index contributed by atoms with van der Waals surface area (Å²) in [6, 6.07) is 18.4. The summed E-state index contributed by atoms with van der Waals surface area (Å²) in [5.74, 6) is 0. The highest BCUT2D eigenvalue weighted by molar-refractivity contribution is 9.10. The van der Waals surface area contributed by atoms with Gasteiger partial charge in [0.15, 0.2) is 0 Å². The zero-order valence-electron chi connectivity index (χ0n) is 11.1. The largest absolute Gasteiger partial charge is 0.379 e. The lowest BCUT2D eigenvalue weighted by Crippen LogP contribution is -1.98. The van der Waals surface area contributed by atoms with Gasteiger partial charge in [-0.3, -0.25) is 0 Å². The van der Waals surface area contributed by atoms with Crippen LogP contribution in [-0.4, -0.2) is 0 Å². The lowest BCUT2D eigenvalue weighted by atomic mass is 10.1. The van der Waals surface area contributed by atoms with E-state index in [4.69, 9.17) is 11.6 Å². The van der Waals surface area contributed by atoms with Gasteiger partial charge in [-0.25, -0.2) is 0 Å². The average Bonchev–Trinajstić information content (AvgIpc) is 2.98. The van der Waals surface area contributed by atoms with Crippen LogP contribution in [0.1, 0.15) is 4.88 Å². The first-order chi connectivity index (χ1) is 10.2. The first-order valence-corrected chi connectivity index (χ1v) is 8.59. The minimum atomic E-state index is 0.733. The Kier molecular flexibility index (Phi) is 4.63. The highest BCUT2D eigenvalue weighted by Gasteiger charge is 2.04. The third kappa shape index (κ3) is 3.67. The number of thiophene rings is 1. The fourth-order valence-corrected chi connectivity index (χ4v) is 3.46. The summed E-state index contributed by atoms with van der Waals surface area (Å²) in [5, 5.41) is 6.34. The van der Waals surface area contributed by atoms with Crippen molar-refractivity contribution in [1.82, 2.24) is 0 Å². The molecule has 0 atom stereocenters. The van der Waals surface area contributed by atoms with Crippen LogP contribution in [0.25, 0.3) is 11.1 Å². The highest BCUT2D eigenvalue weighted by atomic mass is 79.9. The van der Waals surface area contributed by atoms with Gasteiger partial charge in [0, 0.05) is 20.9 Å². The van der Waals surface area contributed by atoms with Crippen molar-refractivity contribution in [2.24, 2.45) is 0 Å².